The Morgan fingerprint density at radius 3 is 2.12 bits per heavy atom. The summed E-state index contributed by atoms with van der Waals surface area (Å²) in [4.78, 5) is 0. The van der Waals surface area contributed by atoms with Crippen molar-refractivity contribution < 1.29 is 31.2 Å². The van der Waals surface area contributed by atoms with Crippen molar-refractivity contribution in [1.29, 1.82) is 0 Å². The molecule has 1 atom stereocenters. The highest BCUT2D eigenvalue weighted by Crippen LogP contribution is 2.38. The second-order valence-electron chi connectivity index (χ2n) is 6.01. The zero-order chi connectivity index (χ0) is 19.5. The first-order chi connectivity index (χ1) is 12.2. The van der Waals surface area contributed by atoms with Crippen molar-refractivity contribution in [3.05, 3.63) is 30.3 Å². The molecular formula is C18H24F5O2S. The zero-order valence-corrected chi connectivity index (χ0v) is 15.3. The van der Waals surface area contributed by atoms with E-state index in [4.69, 9.17) is 4.74 Å². The number of rotatable bonds is 13. The lowest BCUT2D eigenvalue weighted by molar-refractivity contribution is -0.284. The third kappa shape index (κ3) is 9.62. The Bertz CT molecular complexity index is 482. The van der Waals surface area contributed by atoms with Crippen LogP contribution in [-0.2, 0) is 11.2 Å². The Morgan fingerprint density at radius 2 is 1.46 bits per heavy atom. The van der Waals surface area contributed by atoms with Gasteiger partial charge in [0.25, 0.3) is 0 Å². The minimum atomic E-state index is -5.53. The predicted octanol–water partition coefficient (Wildman–Crippen LogP) is 5.54. The van der Waals surface area contributed by atoms with Crippen LogP contribution in [0, 0.1) is 6.07 Å². The number of hydrogen-bond acceptors (Lipinski definition) is 2. The molecule has 1 rings (SSSR count). The van der Waals surface area contributed by atoms with Crippen molar-refractivity contribution in [2.24, 2.45) is 0 Å². The lowest BCUT2D eigenvalue weighted by atomic mass is 10.2. The number of alkyl halides is 5. The zero-order valence-electron chi connectivity index (χ0n) is 14.5. The molecular weight excluding hydrogens is 375 g/mol. The third-order valence-electron chi connectivity index (χ3n) is 3.75. The molecule has 0 aliphatic carbocycles. The van der Waals surface area contributed by atoms with Crippen molar-refractivity contribution >= 4 is 11.2 Å². The van der Waals surface area contributed by atoms with Crippen molar-refractivity contribution in [2.75, 3.05) is 18.1 Å². The number of benzene rings is 1. The summed E-state index contributed by atoms with van der Waals surface area (Å²) in [6.07, 6.45) is -2.90. The molecule has 0 aliphatic heterocycles. The van der Waals surface area contributed by atoms with Crippen LogP contribution in [0.3, 0.4) is 0 Å². The van der Waals surface area contributed by atoms with Gasteiger partial charge in [-0.25, -0.2) is 0 Å². The molecule has 1 aromatic rings. The molecule has 0 N–H and O–H groups in total. The number of unbranched alkanes of at least 4 members (excludes halogenated alkanes) is 4. The first kappa shape index (κ1) is 23.0. The normalized spacial score (nSPS) is 13.6. The van der Waals surface area contributed by atoms with Crippen LogP contribution in [0.25, 0.3) is 0 Å². The standard InChI is InChI=1S/C18H24F5O2S/c19-17(20,18(21,22)23)12-9-15-26(24)14-8-3-1-2-7-13-25-16-10-5-4-6-11-16/h5-6,10-11H,1-3,7-9,12-15H2. The van der Waals surface area contributed by atoms with Gasteiger partial charge in [0.15, 0.2) is 0 Å². The molecule has 0 fully saturated rings. The number of halogens is 5. The van der Waals surface area contributed by atoms with E-state index in [2.05, 4.69) is 6.07 Å². The molecule has 0 heterocycles. The van der Waals surface area contributed by atoms with Gasteiger partial charge in [-0.3, -0.25) is 0 Å². The quantitative estimate of drug-likeness (QED) is 0.248. The van der Waals surface area contributed by atoms with Gasteiger partial charge in [0.1, 0.15) is 17.3 Å². The number of ether oxygens (including phenoxy) is 1. The molecule has 149 valence electrons. The largest absolute Gasteiger partial charge is 0.616 e. The van der Waals surface area contributed by atoms with Gasteiger partial charge >= 0.3 is 12.1 Å². The van der Waals surface area contributed by atoms with E-state index in [9.17, 15) is 26.5 Å². The van der Waals surface area contributed by atoms with Crippen LogP contribution in [0.15, 0.2) is 24.3 Å². The maximum atomic E-state index is 12.7. The lowest BCUT2D eigenvalue weighted by Gasteiger charge is -2.19. The van der Waals surface area contributed by atoms with Crippen LogP contribution in [0.1, 0.15) is 44.9 Å². The molecule has 1 radical (unpaired) electrons. The van der Waals surface area contributed by atoms with Crippen molar-refractivity contribution in [3.63, 3.8) is 0 Å². The Hall–Kier alpha value is -1.02. The molecule has 0 saturated heterocycles. The molecule has 26 heavy (non-hydrogen) atoms. The minimum absolute atomic E-state index is 0.117. The Labute approximate surface area is 154 Å². The summed E-state index contributed by atoms with van der Waals surface area (Å²) in [5.74, 6) is -3.67. The van der Waals surface area contributed by atoms with E-state index in [1.54, 1.807) is 12.1 Å². The molecule has 0 aliphatic rings. The van der Waals surface area contributed by atoms with E-state index < -0.39 is 36.1 Å². The van der Waals surface area contributed by atoms with Crippen LogP contribution in [-0.4, -0.2) is 34.8 Å². The van der Waals surface area contributed by atoms with Crippen LogP contribution in [0.4, 0.5) is 22.0 Å². The van der Waals surface area contributed by atoms with Crippen LogP contribution in [0.5, 0.6) is 5.75 Å². The summed E-state index contributed by atoms with van der Waals surface area (Å²) in [6, 6.07) is 10.1. The minimum Gasteiger partial charge on any atom is -0.616 e. The highest BCUT2D eigenvalue weighted by atomic mass is 32.2. The summed E-state index contributed by atoms with van der Waals surface area (Å²) in [7, 11) is 0. The fraction of sp³-hybridized carbons (Fsp3) is 0.667. The lowest BCUT2D eigenvalue weighted by Crippen LogP contribution is -2.36. The maximum absolute atomic E-state index is 12.7. The van der Waals surface area contributed by atoms with Crippen LogP contribution < -0.4 is 4.74 Å². The third-order valence-corrected chi connectivity index (χ3v) is 5.24. The molecule has 1 aromatic carbocycles. The smallest absolute Gasteiger partial charge is 0.453 e. The summed E-state index contributed by atoms with van der Waals surface area (Å²) in [6.45, 7) is 0.614. The number of hydrogen-bond donors (Lipinski definition) is 0. The average molecular weight is 399 g/mol. The monoisotopic (exact) mass is 399 g/mol. The van der Waals surface area contributed by atoms with Gasteiger partial charge in [0.2, 0.25) is 0 Å². The SMILES string of the molecule is [O-][S+](CCCCCCCOc1cc[c]cc1)CCCC(F)(F)C(F)(F)F. The summed E-state index contributed by atoms with van der Waals surface area (Å²) < 4.78 is 78.6. The van der Waals surface area contributed by atoms with Crippen molar-refractivity contribution in [1.82, 2.24) is 0 Å². The highest BCUT2D eigenvalue weighted by Gasteiger charge is 2.56. The van der Waals surface area contributed by atoms with Gasteiger partial charge in [-0.05, 0) is 43.9 Å². The van der Waals surface area contributed by atoms with Crippen molar-refractivity contribution in [3.8, 4) is 5.75 Å². The fourth-order valence-corrected chi connectivity index (χ4v) is 3.45. The highest BCUT2D eigenvalue weighted by molar-refractivity contribution is 7.91. The van der Waals surface area contributed by atoms with Gasteiger partial charge in [-0.1, -0.05) is 36.2 Å². The van der Waals surface area contributed by atoms with E-state index in [0.29, 0.717) is 18.8 Å². The second-order valence-corrected chi connectivity index (χ2v) is 7.70. The van der Waals surface area contributed by atoms with Crippen LogP contribution >= 0.6 is 0 Å². The Morgan fingerprint density at radius 1 is 0.885 bits per heavy atom. The van der Waals surface area contributed by atoms with Gasteiger partial charge in [-0.2, -0.15) is 22.0 Å². The molecule has 0 spiro atoms. The topological polar surface area (TPSA) is 32.3 Å². The summed E-state index contributed by atoms with van der Waals surface area (Å²) in [5, 5.41) is 0. The van der Waals surface area contributed by atoms with E-state index in [0.717, 1.165) is 31.4 Å². The first-order valence-electron chi connectivity index (χ1n) is 8.61. The molecule has 2 nitrogen and oxygen atoms in total. The van der Waals surface area contributed by atoms with E-state index in [1.165, 1.54) is 0 Å². The van der Waals surface area contributed by atoms with E-state index in [-0.39, 0.29) is 5.75 Å². The predicted molar refractivity (Wildman–Crippen MR) is 92.0 cm³/mol. The summed E-state index contributed by atoms with van der Waals surface area (Å²) >= 11 is -1.34. The van der Waals surface area contributed by atoms with Gasteiger partial charge < -0.3 is 9.29 Å². The first-order valence-corrected chi connectivity index (χ1v) is 10.1. The average Bonchev–Trinajstić information content (AvgIpc) is 2.57. The van der Waals surface area contributed by atoms with Crippen LogP contribution in [0.2, 0.25) is 0 Å². The maximum Gasteiger partial charge on any atom is 0.453 e. The summed E-state index contributed by atoms with van der Waals surface area (Å²) in [5.41, 5.74) is 0. The second kappa shape index (κ2) is 11.6. The Balaban J connectivity index is 1.96. The molecule has 0 saturated carbocycles. The van der Waals surface area contributed by atoms with E-state index in [1.807, 2.05) is 12.1 Å². The molecule has 0 bridgehead atoms. The molecule has 1 unspecified atom stereocenters. The Kier molecular flexibility index (Phi) is 10.3. The molecule has 0 amide bonds. The molecule has 8 heteroatoms. The van der Waals surface area contributed by atoms with E-state index >= 15 is 0 Å². The van der Waals surface area contributed by atoms with Gasteiger partial charge in [0.05, 0.1) is 6.61 Å². The van der Waals surface area contributed by atoms with Crippen molar-refractivity contribution in [2.45, 2.75) is 57.0 Å². The van der Waals surface area contributed by atoms with Gasteiger partial charge in [-0.15, -0.1) is 0 Å². The van der Waals surface area contributed by atoms with Gasteiger partial charge in [0, 0.05) is 6.42 Å². The fourth-order valence-electron chi connectivity index (χ4n) is 2.25. The molecule has 0 aromatic heterocycles.